The second kappa shape index (κ2) is 5.44. The average molecular weight is 253 g/mol. The molecule has 0 unspecified atom stereocenters. The predicted octanol–water partition coefficient (Wildman–Crippen LogP) is 3.14. The first-order valence-electron chi connectivity index (χ1n) is 6.20. The molecule has 0 atom stereocenters. The Morgan fingerprint density at radius 3 is 3.00 bits per heavy atom. The highest BCUT2D eigenvalue weighted by molar-refractivity contribution is 5.46. The van der Waals surface area contributed by atoms with Gasteiger partial charge in [0.1, 0.15) is 0 Å². The monoisotopic (exact) mass is 253 g/mol. The molecule has 0 radical (unpaired) electrons. The summed E-state index contributed by atoms with van der Waals surface area (Å²) in [5, 5.41) is 3.38. The molecular formula is C15H15N3O. The van der Waals surface area contributed by atoms with Crippen LogP contribution in [-0.2, 0) is 13.1 Å². The molecule has 0 amide bonds. The predicted molar refractivity (Wildman–Crippen MR) is 73.8 cm³/mol. The molecule has 0 saturated carbocycles. The van der Waals surface area contributed by atoms with Crippen LogP contribution in [0, 0.1) is 0 Å². The van der Waals surface area contributed by atoms with Gasteiger partial charge < -0.3 is 14.3 Å². The van der Waals surface area contributed by atoms with Crippen molar-refractivity contribution in [3.63, 3.8) is 0 Å². The third-order valence-corrected chi connectivity index (χ3v) is 2.93. The van der Waals surface area contributed by atoms with Crippen molar-refractivity contribution in [3.8, 4) is 0 Å². The van der Waals surface area contributed by atoms with Gasteiger partial charge in [0, 0.05) is 36.7 Å². The molecule has 19 heavy (non-hydrogen) atoms. The maximum absolute atomic E-state index is 5.05. The normalized spacial score (nSPS) is 10.5. The molecule has 3 rings (SSSR count). The van der Waals surface area contributed by atoms with Crippen LogP contribution in [0.5, 0.6) is 0 Å². The third kappa shape index (κ3) is 3.04. The quantitative estimate of drug-likeness (QED) is 0.759. The number of anilines is 1. The lowest BCUT2D eigenvalue weighted by Crippen LogP contribution is -2.00. The average Bonchev–Trinajstić information content (AvgIpc) is 3.10. The van der Waals surface area contributed by atoms with Crippen molar-refractivity contribution in [2.24, 2.45) is 0 Å². The van der Waals surface area contributed by atoms with Crippen molar-refractivity contribution in [1.29, 1.82) is 0 Å². The fraction of sp³-hybridized carbons (Fsp3) is 0.133. The molecule has 4 nitrogen and oxygen atoms in total. The Bertz CT molecular complexity index is 615. The highest BCUT2D eigenvalue weighted by Gasteiger charge is 1.98. The Morgan fingerprint density at radius 1 is 1.21 bits per heavy atom. The summed E-state index contributed by atoms with van der Waals surface area (Å²) in [5.74, 6) is 0. The zero-order valence-corrected chi connectivity index (χ0v) is 10.5. The number of nitrogens with zero attached hydrogens (tertiary/aromatic N) is 2. The summed E-state index contributed by atoms with van der Waals surface area (Å²) in [6.07, 6.45) is 9.02. The molecule has 1 N–H and O–H groups in total. The summed E-state index contributed by atoms with van der Waals surface area (Å²) in [6, 6.07) is 10.4. The van der Waals surface area contributed by atoms with Crippen LogP contribution in [0.3, 0.4) is 0 Å². The third-order valence-electron chi connectivity index (χ3n) is 2.93. The Labute approximate surface area is 111 Å². The molecule has 0 spiro atoms. The number of nitrogens with one attached hydrogen (secondary N) is 1. The molecule has 3 aromatic rings. The number of furan rings is 1. The topological polar surface area (TPSA) is 43.0 Å². The summed E-state index contributed by atoms with van der Waals surface area (Å²) < 4.78 is 7.10. The lowest BCUT2D eigenvalue weighted by molar-refractivity contribution is 0.564. The zero-order chi connectivity index (χ0) is 12.9. The molecule has 0 aliphatic heterocycles. The van der Waals surface area contributed by atoms with Gasteiger partial charge in [0.15, 0.2) is 0 Å². The molecule has 1 aromatic carbocycles. The van der Waals surface area contributed by atoms with Gasteiger partial charge >= 0.3 is 0 Å². The van der Waals surface area contributed by atoms with Crippen LogP contribution < -0.4 is 5.32 Å². The summed E-state index contributed by atoms with van der Waals surface area (Å²) in [4.78, 5) is 4.05. The Balaban J connectivity index is 1.66. The van der Waals surface area contributed by atoms with Crippen molar-refractivity contribution < 1.29 is 4.42 Å². The largest absolute Gasteiger partial charge is 0.472 e. The van der Waals surface area contributed by atoms with Gasteiger partial charge in [0.05, 0.1) is 18.9 Å². The van der Waals surface area contributed by atoms with Crippen molar-refractivity contribution in [3.05, 3.63) is 72.7 Å². The smallest absolute Gasteiger partial charge is 0.0952 e. The van der Waals surface area contributed by atoms with Gasteiger partial charge in [-0.05, 0) is 23.8 Å². The van der Waals surface area contributed by atoms with E-state index in [1.165, 1.54) is 5.56 Å². The van der Waals surface area contributed by atoms with E-state index in [4.69, 9.17) is 4.42 Å². The molecule has 2 heterocycles. The fourth-order valence-electron chi connectivity index (χ4n) is 1.97. The van der Waals surface area contributed by atoms with Gasteiger partial charge in [0.2, 0.25) is 0 Å². The first-order chi connectivity index (χ1) is 9.40. The minimum absolute atomic E-state index is 0.769. The maximum Gasteiger partial charge on any atom is 0.0952 e. The second-order valence-corrected chi connectivity index (χ2v) is 4.42. The van der Waals surface area contributed by atoms with Gasteiger partial charge in [-0.15, -0.1) is 0 Å². The van der Waals surface area contributed by atoms with Gasteiger partial charge in [-0.2, -0.15) is 0 Å². The lowest BCUT2D eigenvalue weighted by atomic mass is 10.2. The number of hydrogen-bond donors (Lipinski definition) is 1. The molecule has 0 bridgehead atoms. The molecule has 2 aromatic heterocycles. The fourth-order valence-corrected chi connectivity index (χ4v) is 1.97. The zero-order valence-electron chi connectivity index (χ0n) is 10.5. The highest BCUT2D eigenvalue weighted by atomic mass is 16.3. The van der Waals surface area contributed by atoms with Crippen molar-refractivity contribution in [2.75, 3.05) is 5.32 Å². The Hall–Kier alpha value is -2.49. The van der Waals surface area contributed by atoms with Gasteiger partial charge in [-0.3, -0.25) is 0 Å². The highest BCUT2D eigenvalue weighted by Crippen LogP contribution is 2.13. The summed E-state index contributed by atoms with van der Waals surface area (Å²) >= 11 is 0. The van der Waals surface area contributed by atoms with Gasteiger partial charge in [-0.25, -0.2) is 4.98 Å². The molecule has 4 heteroatoms. The van der Waals surface area contributed by atoms with E-state index in [0.29, 0.717) is 0 Å². The molecular weight excluding hydrogens is 238 g/mol. The SMILES string of the molecule is c1cc(Cn2ccnc2)cc(NCc2ccoc2)c1. The Kier molecular flexibility index (Phi) is 3.32. The molecule has 0 saturated heterocycles. The van der Waals surface area contributed by atoms with Crippen LogP contribution in [0.15, 0.2) is 66.0 Å². The van der Waals surface area contributed by atoms with Gasteiger partial charge in [0.25, 0.3) is 0 Å². The standard InChI is InChI=1S/C15H15N3O/c1-2-13(10-18-6-5-16-12-18)8-15(3-1)17-9-14-4-7-19-11-14/h1-8,11-12,17H,9-10H2. The summed E-state index contributed by atoms with van der Waals surface area (Å²) in [5.41, 5.74) is 3.49. The van der Waals surface area contributed by atoms with E-state index in [2.05, 4.69) is 39.1 Å². The van der Waals surface area contributed by atoms with Crippen molar-refractivity contribution in [1.82, 2.24) is 9.55 Å². The minimum Gasteiger partial charge on any atom is -0.472 e. The lowest BCUT2D eigenvalue weighted by Gasteiger charge is -2.08. The van der Waals surface area contributed by atoms with E-state index in [-0.39, 0.29) is 0 Å². The van der Waals surface area contributed by atoms with Crippen LogP contribution in [0.1, 0.15) is 11.1 Å². The summed E-state index contributed by atoms with van der Waals surface area (Å²) in [6.45, 7) is 1.60. The number of imidazole rings is 1. The molecule has 0 aliphatic rings. The van der Waals surface area contributed by atoms with Gasteiger partial charge in [-0.1, -0.05) is 12.1 Å². The maximum atomic E-state index is 5.05. The number of aromatic nitrogens is 2. The van der Waals surface area contributed by atoms with E-state index in [1.807, 2.05) is 18.6 Å². The van der Waals surface area contributed by atoms with Crippen LogP contribution in [0.2, 0.25) is 0 Å². The first-order valence-corrected chi connectivity index (χ1v) is 6.20. The first kappa shape index (κ1) is 11.6. The molecule has 0 aliphatic carbocycles. The van der Waals surface area contributed by atoms with E-state index < -0.39 is 0 Å². The van der Waals surface area contributed by atoms with E-state index in [0.717, 1.165) is 24.3 Å². The van der Waals surface area contributed by atoms with Crippen LogP contribution in [0.4, 0.5) is 5.69 Å². The van der Waals surface area contributed by atoms with Crippen LogP contribution in [-0.4, -0.2) is 9.55 Å². The van der Waals surface area contributed by atoms with Crippen molar-refractivity contribution >= 4 is 5.69 Å². The molecule has 0 fully saturated rings. The second-order valence-electron chi connectivity index (χ2n) is 4.42. The van der Waals surface area contributed by atoms with E-state index >= 15 is 0 Å². The summed E-state index contributed by atoms with van der Waals surface area (Å²) in [7, 11) is 0. The van der Waals surface area contributed by atoms with E-state index in [1.54, 1.807) is 18.7 Å². The number of benzene rings is 1. The minimum atomic E-state index is 0.769. The Morgan fingerprint density at radius 2 is 2.21 bits per heavy atom. The number of hydrogen-bond acceptors (Lipinski definition) is 3. The van der Waals surface area contributed by atoms with E-state index in [9.17, 15) is 0 Å². The molecule has 96 valence electrons. The van der Waals surface area contributed by atoms with Crippen molar-refractivity contribution in [2.45, 2.75) is 13.1 Å². The number of rotatable bonds is 5. The van der Waals surface area contributed by atoms with Crippen LogP contribution in [0.25, 0.3) is 0 Å². The van der Waals surface area contributed by atoms with Crippen LogP contribution >= 0.6 is 0 Å².